The van der Waals surface area contributed by atoms with Crippen LogP contribution in [0.15, 0.2) is 4.99 Å². The second kappa shape index (κ2) is 9.93. The summed E-state index contributed by atoms with van der Waals surface area (Å²) in [4.78, 5) is 16.7. The van der Waals surface area contributed by atoms with Crippen LogP contribution < -0.4 is 16.0 Å². The molecule has 2 rings (SSSR count). The van der Waals surface area contributed by atoms with Gasteiger partial charge in [0, 0.05) is 26.1 Å². The fourth-order valence-electron chi connectivity index (χ4n) is 3.08. The Balaban J connectivity index is 1.95. The van der Waals surface area contributed by atoms with Crippen molar-refractivity contribution in [2.45, 2.75) is 91.5 Å². The number of hydrogen-bond acceptors (Lipinski definition) is 5. The Bertz CT molecular complexity index is 704. The Morgan fingerprint density at radius 3 is 2.59 bits per heavy atom. The number of carbonyl (C=O) groups is 1. The van der Waals surface area contributed by atoms with Crippen LogP contribution >= 0.6 is 0 Å². The van der Waals surface area contributed by atoms with Gasteiger partial charge in [-0.2, -0.15) is 0 Å². The molecule has 0 aromatic carbocycles. The molecule has 1 amide bonds. The first-order valence-electron chi connectivity index (χ1n) is 10.5. The van der Waals surface area contributed by atoms with E-state index in [0.29, 0.717) is 19.0 Å². The lowest BCUT2D eigenvalue weighted by atomic mass is 10.1. The number of hydrogen-bond donors (Lipinski definition) is 3. The van der Waals surface area contributed by atoms with E-state index in [2.05, 4.69) is 35.7 Å². The zero-order valence-electron chi connectivity index (χ0n) is 18.8. The maximum absolute atomic E-state index is 12.1. The van der Waals surface area contributed by atoms with Crippen molar-refractivity contribution in [2.75, 3.05) is 13.1 Å². The highest BCUT2D eigenvalue weighted by molar-refractivity contribution is 5.80. The monoisotopic (exact) mass is 407 g/mol. The molecule has 9 nitrogen and oxygen atoms in total. The van der Waals surface area contributed by atoms with Crippen LogP contribution in [0.4, 0.5) is 4.79 Å². The molecule has 1 aromatic heterocycles. The molecule has 0 unspecified atom stereocenters. The highest BCUT2D eigenvalue weighted by Crippen LogP contribution is 2.15. The van der Waals surface area contributed by atoms with Gasteiger partial charge in [0.25, 0.3) is 0 Å². The number of ether oxygens (including phenoxy) is 1. The van der Waals surface area contributed by atoms with Crippen LogP contribution in [0.5, 0.6) is 0 Å². The summed E-state index contributed by atoms with van der Waals surface area (Å²) in [6, 6.07) is 0. The van der Waals surface area contributed by atoms with Crippen molar-refractivity contribution in [2.24, 2.45) is 4.99 Å². The Hall–Kier alpha value is -2.32. The van der Waals surface area contributed by atoms with Gasteiger partial charge in [-0.15, -0.1) is 10.2 Å². The zero-order valence-corrected chi connectivity index (χ0v) is 18.8. The standard InChI is InChI=1S/C20H37N7O2/c1-7-21-17(23-14-20(5,6)24-18(28)29-19(2,3)4)22-13-16-26-25-15-11-9-8-10-12-27(15)16/h7-14H2,1-6H3,(H,24,28)(H2,21,22,23). The second-order valence-electron chi connectivity index (χ2n) is 9.05. The fourth-order valence-corrected chi connectivity index (χ4v) is 3.08. The predicted molar refractivity (Wildman–Crippen MR) is 114 cm³/mol. The summed E-state index contributed by atoms with van der Waals surface area (Å²) in [5, 5.41) is 18.1. The Kier molecular flexibility index (Phi) is 7.87. The number of nitrogens with zero attached hydrogens (tertiary/aromatic N) is 4. The van der Waals surface area contributed by atoms with Gasteiger partial charge in [-0.25, -0.2) is 9.79 Å². The number of guanidine groups is 1. The van der Waals surface area contributed by atoms with Crippen LogP contribution in [0, 0.1) is 0 Å². The molecule has 1 aliphatic heterocycles. The van der Waals surface area contributed by atoms with Gasteiger partial charge >= 0.3 is 6.09 Å². The largest absolute Gasteiger partial charge is 0.444 e. The van der Waals surface area contributed by atoms with Crippen molar-refractivity contribution in [1.29, 1.82) is 0 Å². The number of alkyl carbamates (subject to hydrolysis) is 1. The topological polar surface area (TPSA) is 105 Å². The third kappa shape index (κ3) is 7.91. The second-order valence-corrected chi connectivity index (χ2v) is 9.05. The summed E-state index contributed by atoms with van der Waals surface area (Å²) in [5.41, 5.74) is -1.04. The molecule has 0 fully saturated rings. The Morgan fingerprint density at radius 2 is 1.90 bits per heavy atom. The minimum atomic E-state index is -0.528. The number of nitrogens with one attached hydrogen (secondary N) is 3. The summed E-state index contributed by atoms with van der Waals surface area (Å²) >= 11 is 0. The predicted octanol–water partition coefficient (Wildman–Crippen LogP) is 2.36. The van der Waals surface area contributed by atoms with Crippen molar-refractivity contribution >= 4 is 12.1 Å². The molecule has 0 aliphatic carbocycles. The molecule has 0 atom stereocenters. The minimum Gasteiger partial charge on any atom is -0.444 e. The van der Waals surface area contributed by atoms with E-state index < -0.39 is 17.2 Å². The number of rotatable bonds is 6. The number of amides is 1. The summed E-state index contributed by atoms with van der Waals surface area (Å²) < 4.78 is 7.55. The first-order valence-corrected chi connectivity index (χ1v) is 10.5. The van der Waals surface area contributed by atoms with E-state index in [1.807, 2.05) is 41.5 Å². The van der Waals surface area contributed by atoms with Crippen LogP contribution in [0.25, 0.3) is 0 Å². The van der Waals surface area contributed by atoms with E-state index >= 15 is 0 Å². The normalized spacial score (nSPS) is 15.3. The number of fused-ring (bicyclic) bond motifs is 1. The number of aliphatic imine (C=N–C) groups is 1. The smallest absolute Gasteiger partial charge is 0.408 e. The maximum Gasteiger partial charge on any atom is 0.408 e. The molecule has 0 saturated carbocycles. The number of carbonyl (C=O) groups excluding carboxylic acids is 1. The van der Waals surface area contributed by atoms with Gasteiger partial charge in [0.2, 0.25) is 0 Å². The maximum atomic E-state index is 12.1. The molecule has 1 aliphatic rings. The van der Waals surface area contributed by atoms with Crippen molar-refractivity contribution < 1.29 is 9.53 Å². The van der Waals surface area contributed by atoms with Crippen molar-refractivity contribution in [3.8, 4) is 0 Å². The zero-order chi connectivity index (χ0) is 21.5. The molecule has 2 heterocycles. The SMILES string of the molecule is CCNC(=NCc1nnc2n1CCCCC2)NCC(C)(C)NC(=O)OC(C)(C)C. The number of aryl methyl sites for hydroxylation is 1. The molecular formula is C20H37N7O2. The molecule has 0 spiro atoms. The molecular weight excluding hydrogens is 370 g/mol. The van der Waals surface area contributed by atoms with Crippen LogP contribution in [0.2, 0.25) is 0 Å². The van der Waals surface area contributed by atoms with Crippen molar-refractivity contribution in [3.63, 3.8) is 0 Å². The van der Waals surface area contributed by atoms with Crippen LogP contribution in [-0.2, 0) is 24.2 Å². The fraction of sp³-hybridized carbons (Fsp3) is 0.800. The van der Waals surface area contributed by atoms with Gasteiger partial charge in [0.15, 0.2) is 11.8 Å². The molecule has 3 N–H and O–H groups in total. The van der Waals surface area contributed by atoms with E-state index in [4.69, 9.17) is 4.74 Å². The number of aromatic nitrogens is 3. The van der Waals surface area contributed by atoms with E-state index in [9.17, 15) is 4.79 Å². The van der Waals surface area contributed by atoms with Crippen LogP contribution in [-0.4, -0.2) is 51.0 Å². The van der Waals surface area contributed by atoms with Crippen LogP contribution in [0.1, 0.15) is 72.5 Å². The lowest BCUT2D eigenvalue weighted by molar-refractivity contribution is 0.0474. The van der Waals surface area contributed by atoms with Gasteiger partial charge in [0.05, 0.1) is 5.54 Å². The van der Waals surface area contributed by atoms with Gasteiger partial charge < -0.3 is 25.3 Å². The van der Waals surface area contributed by atoms with Crippen LogP contribution in [0.3, 0.4) is 0 Å². The van der Waals surface area contributed by atoms with Crippen molar-refractivity contribution in [1.82, 2.24) is 30.7 Å². The van der Waals surface area contributed by atoms with E-state index in [-0.39, 0.29) is 0 Å². The van der Waals surface area contributed by atoms with E-state index in [1.165, 1.54) is 12.8 Å². The molecule has 0 saturated heterocycles. The average Bonchev–Trinajstić information content (AvgIpc) is 2.82. The van der Waals surface area contributed by atoms with E-state index in [0.717, 1.165) is 37.6 Å². The summed E-state index contributed by atoms with van der Waals surface area (Å²) in [5.74, 6) is 2.64. The Labute approximate surface area is 174 Å². The van der Waals surface area contributed by atoms with Gasteiger partial charge in [-0.3, -0.25) is 0 Å². The molecule has 29 heavy (non-hydrogen) atoms. The Morgan fingerprint density at radius 1 is 1.14 bits per heavy atom. The molecule has 0 bridgehead atoms. The highest BCUT2D eigenvalue weighted by atomic mass is 16.6. The van der Waals surface area contributed by atoms with Crippen molar-refractivity contribution in [3.05, 3.63) is 11.6 Å². The van der Waals surface area contributed by atoms with Gasteiger partial charge in [0.1, 0.15) is 18.0 Å². The molecule has 1 aromatic rings. The average molecular weight is 408 g/mol. The van der Waals surface area contributed by atoms with Gasteiger partial charge in [-0.05, 0) is 54.4 Å². The summed E-state index contributed by atoms with van der Waals surface area (Å²) in [6.07, 6.45) is 4.11. The first-order chi connectivity index (χ1) is 13.6. The highest BCUT2D eigenvalue weighted by Gasteiger charge is 2.25. The first kappa shape index (κ1) is 23.0. The molecule has 9 heteroatoms. The lowest BCUT2D eigenvalue weighted by Gasteiger charge is -2.29. The quantitative estimate of drug-likeness (QED) is 0.494. The third-order valence-corrected chi connectivity index (χ3v) is 4.45. The van der Waals surface area contributed by atoms with Gasteiger partial charge in [-0.1, -0.05) is 6.42 Å². The lowest BCUT2D eigenvalue weighted by Crippen LogP contribution is -2.54. The van der Waals surface area contributed by atoms with E-state index in [1.54, 1.807) is 0 Å². The summed E-state index contributed by atoms with van der Waals surface area (Å²) in [7, 11) is 0. The molecule has 0 radical (unpaired) electrons. The molecule has 164 valence electrons. The third-order valence-electron chi connectivity index (χ3n) is 4.45. The minimum absolute atomic E-state index is 0.433. The summed E-state index contributed by atoms with van der Waals surface area (Å²) in [6.45, 7) is 14.1.